The van der Waals surface area contributed by atoms with Gasteiger partial charge in [0, 0.05) is 0 Å². The van der Waals surface area contributed by atoms with Crippen molar-refractivity contribution < 1.29 is 4.52 Å². The number of aryl methyl sites for hydroxylation is 2. The summed E-state index contributed by atoms with van der Waals surface area (Å²) in [5.74, 6) is 0.898. The molecule has 1 aliphatic heterocycles. The van der Waals surface area contributed by atoms with E-state index in [1.165, 1.54) is 5.56 Å². The Balaban J connectivity index is 2.10. The fourth-order valence-electron chi connectivity index (χ4n) is 1.19. The summed E-state index contributed by atoms with van der Waals surface area (Å²) < 4.78 is 14.0. The van der Waals surface area contributed by atoms with E-state index in [4.69, 9.17) is 4.52 Å². The second-order valence-corrected chi connectivity index (χ2v) is 6.44. The fourth-order valence-corrected chi connectivity index (χ4v) is 4.15. The van der Waals surface area contributed by atoms with Gasteiger partial charge < -0.3 is 4.52 Å². The molecule has 78 valence electrons. The van der Waals surface area contributed by atoms with Gasteiger partial charge in [0.2, 0.25) is 0 Å². The normalized spacial score (nSPS) is 21.3. The fraction of sp³-hybridized carbons (Fsp3) is 0.250. The Morgan fingerprint density at radius 3 is 2.93 bits per heavy atom. The number of hydrogen-bond acceptors (Lipinski definition) is 4. The Hall–Kier alpha value is -0.390. The molecule has 1 aromatic rings. The van der Waals surface area contributed by atoms with Crippen molar-refractivity contribution in [2.75, 3.05) is 0 Å². The first-order chi connectivity index (χ1) is 7.25. The average molecular weight is 257 g/mol. The molecule has 0 aliphatic carbocycles. The zero-order chi connectivity index (χ0) is 10.7. The molecule has 1 unspecified atom stereocenters. The SMILES string of the molecule is Cc1ccc(OP2N=PN=PN2)c(C)c1. The van der Waals surface area contributed by atoms with Crippen molar-refractivity contribution in [1.29, 1.82) is 0 Å². The summed E-state index contributed by atoms with van der Waals surface area (Å²) in [5.41, 5.74) is 2.39. The first kappa shape index (κ1) is 11.1. The van der Waals surface area contributed by atoms with Gasteiger partial charge in [-0.2, -0.15) is 13.9 Å². The summed E-state index contributed by atoms with van der Waals surface area (Å²) in [5, 5.41) is 0. The van der Waals surface area contributed by atoms with Crippen LogP contribution in [0.25, 0.3) is 0 Å². The van der Waals surface area contributed by atoms with Gasteiger partial charge in [0.1, 0.15) is 14.3 Å². The van der Waals surface area contributed by atoms with E-state index in [2.05, 4.69) is 26.9 Å². The molecule has 1 atom stereocenters. The lowest BCUT2D eigenvalue weighted by atomic mass is 10.1. The molecule has 7 heteroatoms. The van der Waals surface area contributed by atoms with E-state index in [-0.39, 0.29) is 0 Å². The van der Waals surface area contributed by atoms with Crippen LogP contribution in [-0.2, 0) is 0 Å². The van der Waals surface area contributed by atoms with Gasteiger partial charge in [0.25, 0.3) is 0 Å². The molecule has 1 N–H and O–H groups in total. The maximum absolute atomic E-state index is 5.75. The first-order valence-corrected chi connectivity index (χ1v) is 7.23. The van der Waals surface area contributed by atoms with Crippen LogP contribution in [0.1, 0.15) is 11.1 Å². The topological polar surface area (TPSA) is 46.0 Å². The maximum atomic E-state index is 5.75. The molecule has 0 spiro atoms. The predicted molar refractivity (Wildman–Crippen MR) is 65.3 cm³/mol. The number of nitrogens with one attached hydrogen (secondary N) is 1. The molecular weight excluding hydrogens is 247 g/mol. The van der Waals surface area contributed by atoms with E-state index in [1.807, 2.05) is 19.1 Å². The van der Waals surface area contributed by atoms with Gasteiger partial charge in [-0.15, -0.1) is 0 Å². The molecule has 2 rings (SSSR count). The van der Waals surface area contributed by atoms with Crippen LogP contribution < -0.4 is 9.38 Å². The van der Waals surface area contributed by atoms with Crippen LogP contribution in [-0.4, -0.2) is 0 Å². The van der Waals surface area contributed by atoms with Crippen LogP contribution in [0, 0.1) is 13.8 Å². The molecule has 0 amide bonds. The van der Waals surface area contributed by atoms with Crippen LogP contribution in [0.15, 0.2) is 27.2 Å². The molecule has 0 radical (unpaired) electrons. The minimum atomic E-state index is -0.917. The molecule has 0 saturated heterocycles. The Kier molecular flexibility index (Phi) is 3.77. The zero-order valence-electron chi connectivity index (χ0n) is 8.38. The van der Waals surface area contributed by atoms with Crippen LogP contribution in [0.3, 0.4) is 0 Å². The molecule has 4 nitrogen and oxygen atoms in total. The third-order valence-corrected chi connectivity index (χ3v) is 4.91. The summed E-state index contributed by atoms with van der Waals surface area (Å²) in [6.45, 7) is 4.11. The summed E-state index contributed by atoms with van der Waals surface area (Å²) >= 11 is 0. The van der Waals surface area contributed by atoms with Crippen molar-refractivity contribution in [2.24, 2.45) is 9.03 Å². The monoisotopic (exact) mass is 257 g/mol. The van der Waals surface area contributed by atoms with E-state index in [1.54, 1.807) is 0 Å². The highest BCUT2D eigenvalue weighted by Crippen LogP contribution is 2.45. The standard InChI is InChI=1S/C8H10N3OP3/c1-6-3-4-8(7(2)5-6)12-15-10-13-9-14-11-15/h3-5H,1-2H3,(H,9,10,11). The summed E-state index contributed by atoms with van der Waals surface area (Å²) in [7, 11) is 0.694. The molecular formula is C8H10N3OP3. The maximum Gasteiger partial charge on any atom is 0.311 e. The quantitative estimate of drug-likeness (QED) is 0.786. The van der Waals surface area contributed by atoms with E-state index < -0.39 is 8.45 Å². The summed E-state index contributed by atoms with van der Waals surface area (Å²) in [4.78, 5) is 3.08. The van der Waals surface area contributed by atoms with Gasteiger partial charge in [-0.3, -0.25) is 0 Å². The average Bonchev–Trinajstić information content (AvgIpc) is 2.24. The minimum Gasteiger partial charge on any atom is -0.439 e. The van der Waals surface area contributed by atoms with E-state index in [0.717, 1.165) is 28.4 Å². The van der Waals surface area contributed by atoms with Crippen molar-refractivity contribution in [3.05, 3.63) is 29.3 Å². The summed E-state index contributed by atoms with van der Waals surface area (Å²) in [6.07, 6.45) is 0. The second kappa shape index (κ2) is 5.09. The number of nitrogens with zero attached hydrogens (tertiary/aromatic N) is 2. The third kappa shape index (κ3) is 3.03. The van der Waals surface area contributed by atoms with Crippen LogP contribution in [0.5, 0.6) is 5.75 Å². The highest BCUT2D eigenvalue weighted by molar-refractivity contribution is 7.64. The van der Waals surface area contributed by atoms with Crippen molar-refractivity contribution in [2.45, 2.75) is 13.8 Å². The van der Waals surface area contributed by atoms with Crippen molar-refractivity contribution in [3.8, 4) is 5.75 Å². The van der Waals surface area contributed by atoms with Crippen molar-refractivity contribution in [1.82, 2.24) is 4.86 Å². The Bertz CT molecular complexity index is 422. The number of benzene rings is 1. The van der Waals surface area contributed by atoms with E-state index >= 15 is 0 Å². The molecule has 1 aliphatic rings. The summed E-state index contributed by atoms with van der Waals surface area (Å²) in [6, 6.07) is 6.14. The van der Waals surface area contributed by atoms with Gasteiger partial charge >= 0.3 is 8.45 Å². The van der Waals surface area contributed by atoms with Gasteiger partial charge in [-0.05, 0) is 25.5 Å². The minimum absolute atomic E-state index is 0.759. The molecule has 0 saturated carbocycles. The van der Waals surface area contributed by atoms with Gasteiger partial charge in [-0.25, -0.2) is 0 Å². The highest BCUT2D eigenvalue weighted by atomic mass is 31.2. The van der Waals surface area contributed by atoms with Crippen LogP contribution in [0.4, 0.5) is 0 Å². The molecule has 1 heterocycles. The van der Waals surface area contributed by atoms with E-state index in [0.29, 0.717) is 0 Å². The lowest BCUT2D eigenvalue weighted by Crippen LogP contribution is -1.97. The molecule has 15 heavy (non-hydrogen) atoms. The smallest absolute Gasteiger partial charge is 0.311 e. The van der Waals surface area contributed by atoms with Gasteiger partial charge in [0.15, 0.2) is 8.52 Å². The molecule has 1 aromatic carbocycles. The Morgan fingerprint density at radius 1 is 1.40 bits per heavy atom. The third-order valence-electron chi connectivity index (χ3n) is 1.85. The van der Waals surface area contributed by atoms with Crippen molar-refractivity contribution in [3.63, 3.8) is 0 Å². The van der Waals surface area contributed by atoms with Crippen LogP contribution >= 0.6 is 25.5 Å². The molecule has 0 fully saturated rings. The Labute approximate surface area is 93.3 Å². The predicted octanol–water partition coefficient (Wildman–Crippen LogP) is 4.60. The van der Waals surface area contributed by atoms with Gasteiger partial charge in [0.05, 0.1) is 0 Å². The number of hydrogen-bond donors (Lipinski definition) is 1. The zero-order valence-corrected chi connectivity index (χ0v) is 11.1. The molecule has 0 aromatic heterocycles. The van der Waals surface area contributed by atoms with Crippen molar-refractivity contribution >= 4 is 25.5 Å². The van der Waals surface area contributed by atoms with Crippen LogP contribution in [0.2, 0.25) is 0 Å². The highest BCUT2D eigenvalue weighted by Gasteiger charge is 2.12. The van der Waals surface area contributed by atoms with Gasteiger partial charge in [-0.1, -0.05) is 17.7 Å². The lowest BCUT2D eigenvalue weighted by Gasteiger charge is -2.14. The first-order valence-electron chi connectivity index (χ1n) is 4.37. The Morgan fingerprint density at radius 2 is 2.27 bits per heavy atom. The largest absolute Gasteiger partial charge is 0.439 e. The second-order valence-electron chi connectivity index (χ2n) is 3.10. The molecule has 0 bridgehead atoms. The lowest BCUT2D eigenvalue weighted by molar-refractivity contribution is 0.606. The number of rotatable bonds is 2. The van der Waals surface area contributed by atoms with E-state index in [9.17, 15) is 0 Å².